The smallest absolute Gasteiger partial charge is 0.330 e. The molecule has 1 aromatic carbocycles. The highest BCUT2D eigenvalue weighted by atomic mass is 35.5. The fraction of sp³-hybridized carbons (Fsp3) is 0.611. The van der Waals surface area contributed by atoms with Gasteiger partial charge in [-0.25, -0.2) is 0 Å². The molecule has 6 heteroatoms. The van der Waals surface area contributed by atoms with Crippen LogP contribution >= 0.6 is 11.6 Å². The van der Waals surface area contributed by atoms with Crippen LogP contribution in [0.25, 0.3) is 0 Å². The molecule has 0 aliphatic heterocycles. The van der Waals surface area contributed by atoms with Gasteiger partial charge in [0, 0.05) is 16.5 Å². The topological polar surface area (TPSA) is 63.8 Å². The van der Waals surface area contributed by atoms with Gasteiger partial charge in [0.15, 0.2) is 0 Å². The SMILES string of the molecule is Cc1c(Cl)cccc1C1C2CC3CC(C2)CC1(Nc1nnno1)C3. The molecular formula is C18H21ClN4O. The maximum atomic E-state index is 6.44. The summed E-state index contributed by atoms with van der Waals surface area (Å²) < 4.78 is 5.20. The lowest BCUT2D eigenvalue weighted by molar-refractivity contribution is -0.0131. The van der Waals surface area contributed by atoms with Crippen molar-refractivity contribution in [1.29, 1.82) is 0 Å². The van der Waals surface area contributed by atoms with Crippen molar-refractivity contribution in [2.24, 2.45) is 17.8 Å². The number of nitrogens with zero attached hydrogens (tertiary/aromatic N) is 3. The Morgan fingerprint density at radius 1 is 1.21 bits per heavy atom. The summed E-state index contributed by atoms with van der Waals surface area (Å²) in [5.74, 6) is 2.76. The number of anilines is 1. The van der Waals surface area contributed by atoms with Gasteiger partial charge in [-0.15, -0.1) is 0 Å². The molecule has 0 spiro atoms. The fourth-order valence-electron chi connectivity index (χ4n) is 6.13. The third kappa shape index (κ3) is 2.10. The zero-order chi connectivity index (χ0) is 16.3. The number of rotatable bonds is 3. The normalized spacial score (nSPS) is 36.9. The van der Waals surface area contributed by atoms with Crippen molar-refractivity contribution < 1.29 is 4.52 Å². The van der Waals surface area contributed by atoms with Gasteiger partial charge < -0.3 is 5.32 Å². The lowest BCUT2D eigenvalue weighted by Crippen LogP contribution is -2.60. The summed E-state index contributed by atoms with van der Waals surface area (Å²) in [7, 11) is 0. The van der Waals surface area contributed by atoms with E-state index in [-0.39, 0.29) is 5.54 Å². The maximum Gasteiger partial charge on any atom is 0.342 e. The summed E-state index contributed by atoms with van der Waals surface area (Å²) in [5, 5.41) is 15.6. The van der Waals surface area contributed by atoms with Crippen molar-refractivity contribution in [3.8, 4) is 0 Å². The summed E-state index contributed by atoms with van der Waals surface area (Å²) in [6, 6.07) is 6.77. The molecule has 3 unspecified atom stereocenters. The molecule has 4 aliphatic rings. The van der Waals surface area contributed by atoms with Gasteiger partial charge in [-0.05, 0) is 79.2 Å². The van der Waals surface area contributed by atoms with Crippen LogP contribution in [-0.2, 0) is 0 Å². The number of hydrogen-bond acceptors (Lipinski definition) is 5. The average molecular weight is 345 g/mol. The van der Waals surface area contributed by atoms with E-state index in [2.05, 4.69) is 40.0 Å². The average Bonchev–Trinajstić information content (AvgIpc) is 3.02. The van der Waals surface area contributed by atoms with Crippen LogP contribution < -0.4 is 5.32 Å². The highest BCUT2D eigenvalue weighted by Crippen LogP contribution is 2.63. The van der Waals surface area contributed by atoms with Crippen molar-refractivity contribution in [1.82, 2.24) is 15.6 Å². The van der Waals surface area contributed by atoms with E-state index in [4.69, 9.17) is 16.1 Å². The van der Waals surface area contributed by atoms with Crippen LogP contribution in [0.5, 0.6) is 0 Å². The maximum absolute atomic E-state index is 6.44. The van der Waals surface area contributed by atoms with Crippen LogP contribution in [0.2, 0.25) is 5.02 Å². The molecule has 1 heterocycles. The van der Waals surface area contributed by atoms with Crippen LogP contribution in [0.4, 0.5) is 6.01 Å². The van der Waals surface area contributed by atoms with Crippen LogP contribution in [0.1, 0.15) is 49.1 Å². The van der Waals surface area contributed by atoms with Gasteiger partial charge in [-0.2, -0.15) is 0 Å². The first-order valence-corrected chi connectivity index (χ1v) is 9.21. The number of hydrogen-bond donors (Lipinski definition) is 1. The van der Waals surface area contributed by atoms with Crippen LogP contribution in [0.3, 0.4) is 0 Å². The third-order valence-corrected chi connectivity index (χ3v) is 7.02. The third-order valence-electron chi connectivity index (χ3n) is 6.61. The highest BCUT2D eigenvalue weighted by molar-refractivity contribution is 6.31. The number of benzene rings is 1. The van der Waals surface area contributed by atoms with Gasteiger partial charge in [0.2, 0.25) is 0 Å². The Bertz CT molecular complexity index is 748. The Morgan fingerprint density at radius 2 is 2.00 bits per heavy atom. The molecule has 1 aromatic heterocycles. The molecule has 3 atom stereocenters. The fourth-order valence-corrected chi connectivity index (χ4v) is 6.31. The zero-order valence-electron chi connectivity index (χ0n) is 13.7. The van der Waals surface area contributed by atoms with Crippen molar-refractivity contribution >= 4 is 17.6 Å². The van der Waals surface area contributed by atoms with E-state index in [1.807, 2.05) is 6.07 Å². The predicted octanol–water partition coefficient (Wildman–Crippen LogP) is 4.20. The van der Waals surface area contributed by atoms with Crippen LogP contribution in [-0.4, -0.2) is 21.1 Å². The molecule has 0 amide bonds. The second-order valence-electron chi connectivity index (χ2n) is 7.99. The molecule has 0 saturated heterocycles. The highest BCUT2D eigenvalue weighted by Gasteiger charge is 2.58. The van der Waals surface area contributed by atoms with Crippen LogP contribution in [0, 0.1) is 24.7 Å². The second-order valence-corrected chi connectivity index (χ2v) is 8.40. The van der Waals surface area contributed by atoms with Crippen molar-refractivity contribution in [2.75, 3.05) is 5.32 Å². The molecule has 4 bridgehead atoms. The van der Waals surface area contributed by atoms with E-state index in [1.54, 1.807) is 0 Å². The van der Waals surface area contributed by atoms with Crippen molar-refractivity contribution in [3.63, 3.8) is 0 Å². The summed E-state index contributed by atoms with van der Waals surface area (Å²) in [6.07, 6.45) is 6.37. The van der Waals surface area contributed by atoms with E-state index >= 15 is 0 Å². The van der Waals surface area contributed by atoms with Gasteiger partial charge in [-0.1, -0.05) is 28.8 Å². The summed E-state index contributed by atoms with van der Waals surface area (Å²) >= 11 is 6.44. The monoisotopic (exact) mass is 344 g/mol. The van der Waals surface area contributed by atoms with E-state index in [9.17, 15) is 0 Å². The molecule has 24 heavy (non-hydrogen) atoms. The molecule has 4 saturated carbocycles. The quantitative estimate of drug-likeness (QED) is 0.904. The standard InChI is InChI=1S/C18H21ClN4O/c1-10-14(3-2-4-15(10)19)16-13-6-11-5-12(7-13)9-18(16,8-11)20-17-21-22-23-24-17/h2-4,11-13,16H,5-9H2,1H3,(H,20,21,23). The Morgan fingerprint density at radius 3 is 2.71 bits per heavy atom. The minimum Gasteiger partial charge on any atom is -0.330 e. The Balaban J connectivity index is 1.62. The second kappa shape index (κ2) is 5.19. The van der Waals surface area contributed by atoms with Crippen LogP contribution in [0.15, 0.2) is 22.7 Å². The molecule has 126 valence electrons. The van der Waals surface area contributed by atoms with E-state index in [0.29, 0.717) is 17.9 Å². The van der Waals surface area contributed by atoms with Gasteiger partial charge in [0.25, 0.3) is 0 Å². The summed E-state index contributed by atoms with van der Waals surface area (Å²) in [4.78, 5) is 0. The molecule has 2 aromatic rings. The Labute approximate surface area is 146 Å². The Kier molecular flexibility index (Phi) is 3.18. The minimum absolute atomic E-state index is 0.0155. The van der Waals surface area contributed by atoms with E-state index in [0.717, 1.165) is 16.9 Å². The minimum atomic E-state index is -0.0155. The first-order valence-electron chi connectivity index (χ1n) is 8.83. The Hall–Kier alpha value is -1.62. The van der Waals surface area contributed by atoms with E-state index in [1.165, 1.54) is 43.2 Å². The molecule has 6 rings (SSSR count). The molecule has 5 nitrogen and oxygen atoms in total. The first-order chi connectivity index (χ1) is 11.6. The van der Waals surface area contributed by atoms with Crippen molar-refractivity contribution in [3.05, 3.63) is 34.3 Å². The summed E-state index contributed by atoms with van der Waals surface area (Å²) in [5.41, 5.74) is 2.58. The number of nitrogens with one attached hydrogen (secondary N) is 1. The summed E-state index contributed by atoms with van der Waals surface area (Å²) in [6.45, 7) is 2.14. The van der Waals surface area contributed by atoms with Gasteiger partial charge >= 0.3 is 6.01 Å². The molecule has 4 fully saturated rings. The van der Waals surface area contributed by atoms with Crippen molar-refractivity contribution in [2.45, 2.75) is 50.5 Å². The zero-order valence-corrected chi connectivity index (χ0v) is 14.5. The number of halogens is 1. The molecule has 0 radical (unpaired) electrons. The largest absolute Gasteiger partial charge is 0.342 e. The lowest BCUT2D eigenvalue weighted by Gasteiger charge is -2.61. The lowest BCUT2D eigenvalue weighted by atomic mass is 9.47. The predicted molar refractivity (Wildman–Crippen MR) is 90.9 cm³/mol. The van der Waals surface area contributed by atoms with Gasteiger partial charge in [0.1, 0.15) is 0 Å². The van der Waals surface area contributed by atoms with Gasteiger partial charge in [-0.3, -0.25) is 4.52 Å². The van der Waals surface area contributed by atoms with E-state index < -0.39 is 0 Å². The first kappa shape index (κ1) is 14.7. The molecular weight excluding hydrogens is 324 g/mol. The number of aromatic nitrogens is 3. The van der Waals surface area contributed by atoms with Gasteiger partial charge in [0.05, 0.1) is 5.27 Å². The molecule has 1 N–H and O–H groups in total. The molecule has 4 aliphatic carbocycles.